The molecule has 0 spiro atoms. The molecule has 2 aromatic heterocycles. The van der Waals surface area contributed by atoms with Crippen LogP contribution < -0.4 is 11.5 Å². The third kappa shape index (κ3) is 1.45. The summed E-state index contributed by atoms with van der Waals surface area (Å²) in [5.74, 6) is 0.342. The maximum Gasteiger partial charge on any atom is 0.224 e. The lowest BCUT2D eigenvalue weighted by atomic mass is 10.2. The molecule has 0 atom stereocenters. The van der Waals surface area contributed by atoms with E-state index in [-0.39, 0.29) is 11.8 Å². The van der Waals surface area contributed by atoms with E-state index in [0.717, 1.165) is 11.3 Å². The Labute approximate surface area is 102 Å². The number of aryl methyl sites for hydroxylation is 1. The third-order valence-electron chi connectivity index (χ3n) is 2.69. The van der Waals surface area contributed by atoms with Gasteiger partial charge in [0.15, 0.2) is 17.0 Å². The summed E-state index contributed by atoms with van der Waals surface area (Å²) in [6, 6.07) is 7.79. The highest BCUT2D eigenvalue weighted by Gasteiger charge is 2.13. The zero-order chi connectivity index (χ0) is 12.7. The highest BCUT2D eigenvalue weighted by Crippen LogP contribution is 2.20. The summed E-state index contributed by atoms with van der Waals surface area (Å²) < 4.78 is 1.61. The van der Waals surface area contributed by atoms with Crippen molar-refractivity contribution in [2.45, 2.75) is 6.92 Å². The Morgan fingerprint density at radius 1 is 1.11 bits per heavy atom. The van der Waals surface area contributed by atoms with Gasteiger partial charge in [-0.15, -0.1) is 5.10 Å². The van der Waals surface area contributed by atoms with Gasteiger partial charge in [-0.1, -0.05) is 23.4 Å². The minimum absolute atomic E-state index is 0.108. The number of hydrogen-bond donors (Lipinski definition) is 2. The second-order valence-corrected chi connectivity index (χ2v) is 3.93. The van der Waals surface area contributed by atoms with Crippen LogP contribution in [-0.4, -0.2) is 25.0 Å². The van der Waals surface area contributed by atoms with Crippen molar-refractivity contribution >= 4 is 22.9 Å². The van der Waals surface area contributed by atoms with E-state index in [4.69, 9.17) is 11.5 Å². The standard InChI is InChI=1S/C11H11N7/c1-6-4-2-3-5-7(6)18-10-8(16-17-18)9(12)14-11(13)15-10/h2-5H,1H3,(H4,12,13,14,15). The molecule has 0 unspecified atom stereocenters. The zero-order valence-corrected chi connectivity index (χ0v) is 9.70. The van der Waals surface area contributed by atoms with Gasteiger partial charge in [0.05, 0.1) is 5.69 Å². The molecule has 7 heteroatoms. The molecular formula is C11H11N7. The van der Waals surface area contributed by atoms with Crippen molar-refractivity contribution in [1.29, 1.82) is 0 Å². The van der Waals surface area contributed by atoms with Crippen LogP contribution in [0.25, 0.3) is 16.9 Å². The molecule has 0 fully saturated rings. The van der Waals surface area contributed by atoms with Crippen LogP contribution in [0.5, 0.6) is 0 Å². The average Bonchev–Trinajstić information content (AvgIpc) is 2.73. The highest BCUT2D eigenvalue weighted by atomic mass is 15.4. The van der Waals surface area contributed by atoms with Gasteiger partial charge in [0.25, 0.3) is 0 Å². The van der Waals surface area contributed by atoms with Crippen molar-refractivity contribution in [3.05, 3.63) is 29.8 Å². The van der Waals surface area contributed by atoms with Crippen LogP contribution >= 0.6 is 0 Å². The molecule has 0 bridgehead atoms. The van der Waals surface area contributed by atoms with Crippen LogP contribution in [0.3, 0.4) is 0 Å². The number of nitrogens with zero attached hydrogens (tertiary/aromatic N) is 5. The minimum atomic E-state index is 0.108. The van der Waals surface area contributed by atoms with Crippen molar-refractivity contribution in [2.75, 3.05) is 11.5 Å². The Morgan fingerprint density at radius 3 is 2.67 bits per heavy atom. The van der Waals surface area contributed by atoms with E-state index < -0.39 is 0 Å². The smallest absolute Gasteiger partial charge is 0.224 e. The van der Waals surface area contributed by atoms with Gasteiger partial charge in [-0.2, -0.15) is 14.6 Å². The largest absolute Gasteiger partial charge is 0.382 e. The molecule has 3 rings (SSSR count). The Morgan fingerprint density at radius 2 is 1.89 bits per heavy atom. The number of rotatable bonds is 1. The normalized spacial score (nSPS) is 10.9. The lowest BCUT2D eigenvalue weighted by molar-refractivity contribution is 0.812. The quantitative estimate of drug-likeness (QED) is 0.648. The second kappa shape index (κ2) is 3.66. The van der Waals surface area contributed by atoms with Gasteiger partial charge in [-0.25, -0.2) is 0 Å². The molecule has 4 N–H and O–H groups in total. The SMILES string of the molecule is Cc1ccccc1-n1nnc2c(N)nc(N)nc21. The van der Waals surface area contributed by atoms with E-state index in [2.05, 4.69) is 20.3 Å². The Bertz CT molecular complexity index is 731. The Kier molecular flexibility index (Phi) is 2.12. The average molecular weight is 241 g/mol. The van der Waals surface area contributed by atoms with E-state index in [1.807, 2.05) is 31.2 Å². The van der Waals surface area contributed by atoms with Crippen LogP contribution in [0.15, 0.2) is 24.3 Å². The molecule has 7 nitrogen and oxygen atoms in total. The molecular weight excluding hydrogens is 230 g/mol. The van der Waals surface area contributed by atoms with Crippen molar-refractivity contribution < 1.29 is 0 Å². The molecule has 0 amide bonds. The number of aromatic nitrogens is 5. The lowest BCUT2D eigenvalue weighted by Gasteiger charge is -2.05. The summed E-state index contributed by atoms with van der Waals surface area (Å²) >= 11 is 0. The molecule has 90 valence electrons. The van der Waals surface area contributed by atoms with Gasteiger partial charge in [0.2, 0.25) is 5.95 Å². The molecule has 18 heavy (non-hydrogen) atoms. The Balaban J connectivity index is 2.34. The molecule has 0 saturated heterocycles. The predicted octanol–water partition coefficient (Wildman–Crippen LogP) is 0.683. The first-order valence-corrected chi connectivity index (χ1v) is 5.37. The maximum absolute atomic E-state index is 5.74. The number of hydrogen-bond acceptors (Lipinski definition) is 6. The zero-order valence-electron chi connectivity index (χ0n) is 9.70. The number of nitrogens with two attached hydrogens (primary N) is 2. The molecule has 3 aromatic rings. The molecule has 0 aliphatic rings. The molecule has 0 radical (unpaired) electrons. The van der Waals surface area contributed by atoms with E-state index >= 15 is 0 Å². The van der Waals surface area contributed by atoms with Crippen LogP contribution in [0.2, 0.25) is 0 Å². The van der Waals surface area contributed by atoms with Crippen LogP contribution in [-0.2, 0) is 0 Å². The summed E-state index contributed by atoms with van der Waals surface area (Å²) in [5, 5.41) is 8.04. The van der Waals surface area contributed by atoms with E-state index in [0.29, 0.717) is 11.2 Å². The van der Waals surface area contributed by atoms with Crippen molar-refractivity contribution in [1.82, 2.24) is 25.0 Å². The lowest BCUT2D eigenvalue weighted by Crippen LogP contribution is -2.04. The molecule has 1 aromatic carbocycles. The molecule has 0 aliphatic carbocycles. The predicted molar refractivity (Wildman–Crippen MR) is 68.0 cm³/mol. The monoisotopic (exact) mass is 241 g/mol. The second-order valence-electron chi connectivity index (χ2n) is 3.93. The number of nitrogen functional groups attached to an aromatic ring is 2. The van der Waals surface area contributed by atoms with Gasteiger partial charge in [0.1, 0.15) is 0 Å². The van der Waals surface area contributed by atoms with Gasteiger partial charge < -0.3 is 11.5 Å². The number of fused-ring (bicyclic) bond motifs is 1. The fraction of sp³-hybridized carbons (Fsp3) is 0.0909. The number of anilines is 2. The topological polar surface area (TPSA) is 109 Å². The number of benzene rings is 1. The summed E-state index contributed by atoms with van der Waals surface area (Å²) in [5.41, 5.74) is 14.2. The van der Waals surface area contributed by atoms with Crippen molar-refractivity contribution in [3.8, 4) is 5.69 Å². The maximum atomic E-state index is 5.74. The first kappa shape index (κ1) is 10.5. The summed E-state index contributed by atoms with van der Waals surface area (Å²) in [7, 11) is 0. The summed E-state index contributed by atoms with van der Waals surface area (Å²) in [6.45, 7) is 1.98. The summed E-state index contributed by atoms with van der Waals surface area (Å²) in [4.78, 5) is 8.00. The van der Waals surface area contributed by atoms with Gasteiger partial charge >= 0.3 is 0 Å². The Hall–Kier alpha value is -2.70. The summed E-state index contributed by atoms with van der Waals surface area (Å²) in [6.07, 6.45) is 0. The molecule has 0 saturated carbocycles. The van der Waals surface area contributed by atoms with E-state index in [1.165, 1.54) is 0 Å². The molecule has 0 aliphatic heterocycles. The molecule has 2 heterocycles. The first-order chi connectivity index (χ1) is 8.66. The fourth-order valence-electron chi connectivity index (χ4n) is 1.82. The van der Waals surface area contributed by atoms with E-state index in [9.17, 15) is 0 Å². The first-order valence-electron chi connectivity index (χ1n) is 5.37. The van der Waals surface area contributed by atoms with Crippen molar-refractivity contribution in [3.63, 3.8) is 0 Å². The third-order valence-corrected chi connectivity index (χ3v) is 2.69. The van der Waals surface area contributed by atoms with Gasteiger partial charge in [-0.3, -0.25) is 0 Å². The fourth-order valence-corrected chi connectivity index (χ4v) is 1.82. The van der Waals surface area contributed by atoms with Gasteiger partial charge in [0, 0.05) is 0 Å². The highest BCUT2D eigenvalue weighted by molar-refractivity contribution is 5.83. The van der Waals surface area contributed by atoms with Crippen LogP contribution in [0, 0.1) is 6.92 Å². The van der Waals surface area contributed by atoms with Crippen LogP contribution in [0.1, 0.15) is 5.56 Å². The van der Waals surface area contributed by atoms with Gasteiger partial charge in [-0.05, 0) is 18.6 Å². The van der Waals surface area contributed by atoms with Crippen LogP contribution in [0.4, 0.5) is 11.8 Å². The van der Waals surface area contributed by atoms with Crippen molar-refractivity contribution in [2.24, 2.45) is 0 Å². The van der Waals surface area contributed by atoms with E-state index in [1.54, 1.807) is 4.68 Å². The minimum Gasteiger partial charge on any atom is -0.382 e. The number of para-hydroxylation sites is 1.